The Hall–Kier alpha value is -1.82. The Morgan fingerprint density at radius 2 is 2.38 bits per heavy atom. The van der Waals surface area contributed by atoms with Crippen molar-refractivity contribution in [1.29, 1.82) is 0 Å². The average Bonchev–Trinajstić information content (AvgIpc) is 2.04. The van der Waals surface area contributed by atoms with Crippen LogP contribution in [0.15, 0.2) is 24.3 Å². The molecular formula is C10H10N2O. The van der Waals surface area contributed by atoms with Gasteiger partial charge in [0.05, 0.1) is 0 Å². The fourth-order valence-corrected chi connectivity index (χ4v) is 1.04. The Morgan fingerprint density at radius 3 is 3.00 bits per heavy atom. The van der Waals surface area contributed by atoms with Gasteiger partial charge in [0.2, 0.25) is 12.5 Å². The smallest absolute Gasteiger partial charge is 0.239 e. The highest BCUT2D eigenvalue weighted by Gasteiger charge is 1.98. The molecule has 1 aromatic carbocycles. The molecule has 0 heterocycles. The van der Waals surface area contributed by atoms with Crippen LogP contribution >= 0.6 is 0 Å². The van der Waals surface area contributed by atoms with E-state index >= 15 is 0 Å². The number of nitrogens with zero attached hydrogens (tertiary/aromatic N) is 1. The molecule has 1 rings (SSSR count). The van der Waals surface area contributed by atoms with Gasteiger partial charge in [0.15, 0.2) is 0 Å². The summed E-state index contributed by atoms with van der Waals surface area (Å²) in [6.45, 7) is 8.50. The highest BCUT2D eigenvalue weighted by atomic mass is 16.1. The molecule has 3 heteroatoms. The van der Waals surface area contributed by atoms with E-state index in [0.717, 1.165) is 11.3 Å². The summed E-state index contributed by atoms with van der Waals surface area (Å²) in [6, 6.07) is 7.30. The summed E-state index contributed by atoms with van der Waals surface area (Å²) in [4.78, 5) is 14.0. The van der Waals surface area contributed by atoms with Gasteiger partial charge in [-0.3, -0.25) is 4.79 Å². The molecule has 1 aromatic rings. The lowest BCUT2D eigenvalue weighted by atomic mass is 10.2. The molecule has 3 nitrogen and oxygen atoms in total. The van der Waals surface area contributed by atoms with E-state index in [1.54, 1.807) is 12.1 Å². The summed E-state index contributed by atoms with van der Waals surface area (Å²) >= 11 is 0. The number of amides is 1. The fraction of sp³-hybridized carbons (Fsp3) is 0.200. The van der Waals surface area contributed by atoms with Gasteiger partial charge < -0.3 is 10.2 Å². The van der Waals surface area contributed by atoms with Gasteiger partial charge >= 0.3 is 0 Å². The van der Waals surface area contributed by atoms with Crippen molar-refractivity contribution in [3.8, 4) is 0 Å². The van der Waals surface area contributed by atoms with Crippen LogP contribution in [0.1, 0.15) is 12.5 Å². The second kappa shape index (κ2) is 4.27. The Kier molecular flexibility index (Phi) is 3.04. The monoisotopic (exact) mass is 174 g/mol. The van der Waals surface area contributed by atoms with Crippen LogP contribution in [0.5, 0.6) is 0 Å². The molecule has 0 radical (unpaired) electrons. The topological polar surface area (TPSA) is 33.5 Å². The van der Waals surface area contributed by atoms with Gasteiger partial charge in [0.1, 0.15) is 0 Å². The van der Waals surface area contributed by atoms with Gasteiger partial charge in [-0.2, -0.15) is 0 Å². The lowest BCUT2D eigenvalue weighted by molar-refractivity contribution is -0.114. The molecule has 1 N–H and O–H groups in total. The molecule has 0 aliphatic carbocycles. The minimum atomic E-state index is -0.0973. The number of carbonyl (C=O) groups is 1. The molecular weight excluding hydrogens is 164 g/mol. The van der Waals surface area contributed by atoms with Gasteiger partial charge in [-0.25, -0.2) is 6.57 Å². The number of hydrogen-bond donors (Lipinski definition) is 1. The van der Waals surface area contributed by atoms with Crippen molar-refractivity contribution in [2.45, 2.75) is 13.5 Å². The molecule has 0 bridgehead atoms. The molecule has 0 fully saturated rings. The third-order valence-corrected chi connectivity index (χ3v) is 1.51. The number of carbonyl (C=O) groups excluding carboxylic acids is 1. The molecule has 0 aliphatic rings. The van der Waals surface area contributed by atoms with Gasteiger partial charge in [-0.1, -0.05) is 12.1 Å². The fourth-order valence-electron chi connectivity index (χ4n) is 1.04. The van der Waals surface area contributed by atoms with Gasteiger partial charge in [0.25, 0.3) is 0 Å². The maximum Gasteiger partial charge on any atom is 0.239 e. The van der Waals surface area contributed by atoms with Crippen LogP contribution in [-0.2, 0) is 11.3 Å². The summed E-state index contributed by atoms with van der Waals surface area (Å²) in [5, 5.41) is 2.66. The zero-order valence-electron chi connectivity index (χ0n) is 7.37. The van der Waals surface area contributed by atoms with Crippen LogP contribution in [0.2, 0.25) is 0 Å². The Morgan fingerprint density at radius 1 is 1.62 bits per heavy atom. The van der Waals surface area contributed by atoms with Crippen LogP contribution < -0.4 is 5.32 Å². The molecule has 0 saturated heterocycles. The third kappa shape index (κ3) is 2.96. The average molecular weight is 174 g/mol. The summed E-state index contributed by atoms with van der Waals surface area (Å²) < 4.78 is 0. The first-order valence-electron chi connectivity index (χ1n) is 3.92. The number of anilines is 1. The van der Waals surface area contributed by atoms with Crippen molar-refractivity contribution in [3.05, 3.63) is 41.2 Å². The first-order valence-corrected chi connectivity index (χ1v) is 3.92. The molecule has 13 heavy (non-hydrogen) atoms. The largest absolute Gasteiger partial charge is 0.326 e. The molecule has 0 atom stereocenters. The summed E-state index contributed by atoms with van der Waals surface area (Å²) in [5.41, 5.74) is 1.66. The van der Waals surface area contributed by atoms with Gasteiger partial charge in [-0.15, -0.1) is 0 Å². The van der Waals surface area contributed by atoms with Crippen molar-refractivity contribution < 1.29 is 4.79 Å². The quantitative estimate of drug-likeness (QED) is 0.684. The number of benzene rings is 1. The standard InChI is InChI=1S/C10H10N2O/c1-8(13)12-10-5-3-4-9(6-10)7-11-2/h3-6H,7H2,1H3,(H,12,13). The molecule has 0 unspecified atom stereocenters. The lowest BCUT2D eigenvalue weighted by Gasteiger charge is -2.01. The first-order chi connectivity index (χ1) is 6.22. The third-order valence-electron chi connectivity index (χ3n) is 1.51. The van der Waals surface area contributed by atoms with E-state index in [9.17, 15) is 4.79 Å². The van der Waals surface area contributed by atoms with Gasteiger partial charge in [-0.05, 0) is 12.1 Å². The summed E-state index contributed by atoms with van der Waals surface area (Å²) in [7, 11) is 0. The molecule has 0 aliphatic heterocycles. The van der Waals surface area contributed by atoms with E-state index in [1.165, 1.54) is 6.92 Å². The van der Waals surface area contributed by atoms with E-state index in [2.05, 4.69) is 10.2 Å². The van der Waals surface area contributed by atoms with Crippen LogP contribution in [0.3, 0.4) is 0 Å². The zero-order valence-corrected chi connectivity index (χ0v) is 7.37. The Labute approximate surface area is 77.2 Å². The maximum absolute atomic E-state index is 10.7. The van der Waals surface area contributed by atoms with Gasteiger partial charge in [0, 0.05) is 18.2 Å². The van der Waals surface area contributed by atoms with E-state index in [4.69, 9.17) is 6.57 Å². The van der Waals surface area contributed by atoms with Crippen molar-refractivity contribution in [2.75, 3.05) is 5.32 Å². The van der Waals surface area contributed by atoms with Crippen molar-refractivity contribution in [3.63, 3.8) is 0 Å². The predicted octanol–water partition coefficient (Wildman–Crippen LogP) is 2.06. The number of nitrogens with one attached hydrogen (secondary N) is 1. The van der Waals surface area contributed by atoms with Crippen LogP contribution in [0, 0.1) is 6.57 Å². The normalized spacial score (nSPS) is 8.92. The Bertz CT molecular complexity index is 352. The van der Waals surface area contributed by atoms with Crippen molar-refractivity contribution in [1.82, 2.24) is 0 Å². The van der Waals surface area contributed by atoms with Crippen molar-refractivity contribution in [2.24, 2.45) is 0 Å². The lowest BCUT2D eigenvalue weighted by Crippen LogP contribution is -2.05. The molecule has 1 amide bonds. The molecule has 66 valence electrons. The van der Waals surface area contributed by atoms with Crippen LogP contribution in [0.25, 0.3) is 4.85 Å². The highest BCUT2D eigenvalue weighted by Crippen LogP contribution is 2.11. The zero-order chi connectivity index (χ0) is 9.68. The van der Waals surface area contributed by atoms with E-state index in [-0.39, 0.29) is 5.91 Å². The van der Waals surface area contributed by atoms with Crippen LogP contribution in [0.4, 0.5) is 5.69 Å². The minimum Gasteiger partial charge on any atom is -0.326 e. The SMILES string of the molecule is [C-]#[N+]Cc1cccc(NC(C)=O)c1. The summed E-state index contributed by atoms with van der Waals surface area (Å²) in [6.07, 6.45) is 0. The maximum atomic E-state index is 10.7. The number of hydrogen-bond acceptors (Lipinski definition) is 1. The summed E-state index contributed by atoms with van der Waals surface area (Å²) in [5.74, 6) is -0.0973. The molecule has 0 aromatic heterocycles. The van der Waals surface area contributed by atoms with E-state index < -0.39 is 0 Å². The second-order valence-corrected chi connectivity index (χ2v) is 2.70. The van der Waals surface area contributed by atoms with Crippen LogP contribution in [-0.4, -0.2) is 5.91 Å². The van der Waals surface area contributed by atoms with E-state index in [0.29, 0.717) is 6.54 Å². The second-order valence-electron chi connectivity index (χ2n) is 2.70. The molecule has 0 saturated carbocycles. The Balaban J connectivity index is 2.80. The number of rotatable bonds is 2. The minimum absolute atomic E-state index is 0.0973. The van der Waals surface area contributed by atoms with E-state index in [1.807, 2.05) is 12.1 Å². The molecule has 0 spiro atoms. The predicted molar refractivity (Wildman–Crippen MR) is 51.1 cm³/mol. The first kappa shape index (κ1) is 9.27. The highest BCUT2D eigenvalue weighted by molar-refractivity contribution is 5.88. The van der Waals surface area contributed by atoms with Crippen molar-refractivity contribution >= 4 is 11.6 Å².